The lowest BCUT2D eigenvalue weighted by Crippen LogP contribution is -2.32. The molecule has 0 bridgehead atoms. The Bertz CT molecular complexity index is 705. The summed E-state index contributed by atoms with van der Waals surface area (Å²) in [4.78, 5) is 12.5. The van der Waals surface area contributed by atoms with Crippen molar-refractivity contribution in [2.75, 3.05) is 25.0 Å². The predicted molar refractivity (Wildman–Crippen MR) is 93.7 cm³/mol. The van der Waals surface area contributed by atoms with Crippen LogP contribution in [-0.2, 0) is 0 Å². The Morgan fingerprint density at radius 3 is 3.08 bits per heavy atom. The first-order chi connectivity index (χ1) is 11.7. The van der Waals surface area contributed by atoms with E-state index in [-0.39, 0.29) is 5.91 Å². The minimum absolute atomic E-state index is 0.220. The fourth-order valence-corrected chi connectivity index (χ4v) is 2.92. The molecule has 1 aliphatic rings. The first-order valence-corrected chi connectivity index (χ1v) is 8.48. The molecule has 2 aromatic rings. The molecule has 1 atom stereocenters. The molecule has 1 saturated heterocycles. The summed E-state index contributed by atoms with van der Waals surface area (Å²) in [7, 11) is 0. The average molecular weight is 328 g/mol. The zero-order chi connectivity index (χ0) is 16.9. The highest BCUT2D eigenvalue weighted by molar-refractivity contribution is 6.03. The van der Waals surface area contributed by atoms with E-state index in [1.807, 2.05) is 42.9 Å². The normalized spacial score (nSPS) is 17.5. The largest absolute Gasteiger partial charge is 0.492 e. The predicted octanol–water partition coefficient (Wildman–Crippen LogP) is 2.77. The number of hydrogen-bond acceptors (Lipinski definition) is 4. The van der Waals surface area contributed by atoms with Gasteiger partial charge < -0.3 is 15.4 Å². The minimum atomic E-state index is -0.220. The molecule has 24 heavy (non-hydrogen) atoms. The van der Waals surface area contributed by atoms with Crippen molar-refractivity contribution in [3.05, 3.63) is 41.7 Å². The molecule has 1 amide bonds. The molecule has 6 heteroatoms. The highest BCUT2D eigenvalue weighted by Gasteiger charge is 2.18. The smallest absolute Gasteiger partial charge is 0.276 e. The second-order valence-corrected chi connectivity index (χ2v) is 6.07. The maximum atomic E-state index is 12.5. The maximum absolute atomic E-state index is 12.5. The number of nitrogens with one attached hydrogen (secondary N) is 2. The van der Waals surface area contributed by atoms with Crippen LogP contribution in [0.3, 0.4) is 0 Å². The zero-order valence-corrected chi connectivity index (χ0v) is 14.2. The number of aromatic nitrogens is 2. The van der Waals surface area contributed by atoms with Crippen LogP contribution in [0.4, 0.5) is 5.69 Å². The van der Waals surface area contributed by atoms with Crippen molar-refractivity contribution < 1.29 is 9.53 Å². The van der Waals surface area contributed by atoms with E-state index < -0.39 is 0 Å². The molecule has 0 spiro atoms. The third-order valence-corrected chi connectivity index (χ3v) is 4.17. The third kappa shape index (κ3) is 3.76. The van der Waals surface area contributed by atoms with E-state index in [0.717, 1.165) is 31.5 Å². The number of aryl methyl sites for hydroxylation is 1. The Kier molecular flexibility index (Phi) is 5.15. The molecule has 0 saturated carbocycles. The SMILES string of the molecule is CCOc1cc(C)ccc1NC(=O)c1ccn(C2CCCNC2)n1. The molecular formula is C18H24N4O2. The Labute approximate surface area is 142 Å². The number of anilines is 1. The van der Waals surface area contributed by atoms with Crippen LogP contribution < -0.4 is 15.4 Å². The van der Waals surface area contributed by atoms with Crippen molar-refractivity contribution in [2.45, 2.75) is 32.7 Å². The Morgan fingerprint density at radius 2 is 2.33 bits per heavy atom. The molecule has 1 unspecified atom stereocenters. The molecular weight excluding hydrogens is 304 g/mol. The van der Waals surface area contributed by atoms with Crippen LogP contribution >= 0.6 is 0 Å². The van der Waals surface area contributed by atoms with Gasteiger partial charge in [-0.3, -0.25) is 9.48 Å². The first kappa shape index (κ1) is 16.5. The molecule has 2 heterocycles. The van der Waals surface area contributed by atoms with Crippen LogP contribution in [0.15, 0.2) is 30.5 Å². The highest BCUT2D eigenvalue weighted by atomic mass is 16.5. The summed E-state index contributed by atoms with van der Waals surface area (Å²) in [5, 5.41) is 10.7. The topological polar surface area (TPSA) is 68.2 Å². The number of benzene rings is 1. The van der Waals surface area contributed by atoms with Gasteiger partial charge >= 0.3 is 0 Å². The van der Waals surface area contributed by atoms with E-state index >= 15 is 0 Å². The summed E-state index contributed by atoms with van der Waals surface area (Å²) in [5.41, 5.74) is 2.18. The molecule has 1 aromatic carbocycles. The summed E-state index contributed by atoms with van der Waals surface area (Å²) >= 11 is 0. The first-order valence-electron chi connectivity index (χ1n) is 8.48. The van der Waals surface area contributed by atoms with Gasteiger partial charge in [0.1, 0.15) is 5.75 Å². The number of carbonyl (C=O) groups is 1. The van der Waals surface area contributed by atoms with E-state index in [0.29, 0.717) is 29.8 Å². The van der Waals surface area contributed by atoms with E-state index in [1.54, 1.807) is 6.07 Å². The van der Waals surface area contributed by atoms with Crippen LogP contribution in [-0.4, -0.2) is 35.4 Å². The van der Waals surface area contributed by atoms with Crippen LogP contribution in [0, 0.1) is 6.92 Å². The van der Waals surface area contributed by atoms with Gasteiger partial charge in [0.05, 0.1) is 18.3 Å². The van der Waals surface area contributed by atoms with Gasteiger partial charge in [-0.05, 0) is 57.0 Å². The number of ether oxygens (including phenoxy) is 1. The fraction of sp³-hybridized carbons (Fsp3) is 0.444. The Hall–Kier alpha value is -2.34. The van der Waals surface area contributed by atoms with Gasteiger partial charge in [-0.25, -0.2) is 0 Å². The summed E-state index contributed by atoms with van der Waals surface area (Å²) in [5.74, 6) is 0.462. The fourth-order valence-electron chi connectivity index (χ4n) is 2.92. The Balaban J connectivity index is 1.72. The number of rotatable bonds is 5. The molecule has 0 aliphatic carbocycles. The zero-order valence-electron chi connectivity index (χ0n) is 14.2. The van der Waals surface area contributed by atoms with Gasteiger partial charge in [0.25, 0.3) is 5.91 Å². The van der Waals surface area contributed by atoms with E-state index in [2.05, 4.69) is 15.7 Å². The summed E-state index contributed by atoms with van der Waals surface area (Å²) in [6.45, 7) is 6.42. The third-order valence-electron chi connectivity index (χ3n) is 4.17. The van der Waals surface area contributed by atoms with Gasteiger partial charge in [0, 0.05) is 12.7 Å². The molecule has 1 aromatic heterocycles. The quantitative estimate of drug-likeness (QED) is 0.885. The molecule has 2 N–H and O–H groups in total. The van der Waals surface area contributed by atoms with Crippen LogP contribution in [0.2, 0.25) is 0 Å². The lowest BCUT2D eigenvalue weighted by atomic mass is 10.1. The minimum Gasteiger partial charge on any atom is -0.492 e. The Morgan fingerprint density at radius 1 is 1.46 bits per heavy atom. The standard InChI is InChI=1S/C18H24N4O2/c1-3-24-17-11-13(2)6-7-15(17)20-18(23)16-8-10-22(21-16)14-5-4-9-19-12-14/h6-8,10-11,14,19H,3-5,9,12H2,1-2H3,(H,20,23). The van der Waals surface area contributed by atoms with Gasteiger partial charge in [0.15, 0.2) is 5.69 Å². The van der Waals surface area contributed by atoms with E-state index in [4.69, 9.17) is 4.74 Å². The van der Waals surface area contributed by atoms with Crippen LogP contribution in [0.25, 0.3) is 0 Å². The lowest BCUT2D eigenvalue weighted by Gasteiger charge is -2.22. The molecule has 0 radical (unpaired) electrons. The van der Waals surface area contributed by atoms with E-state index in [1.165, 1.54) is 0 Å². The second-order valence-electron chi connectivity index (χ2n) is 6.07. The number of piperidine rings is 1. The maximum Gasteiger partial charge on any atom is 0.276 e. The van der Waals surface area contributed by atoms with Gasteiger partial charge in [-0.15, -0.1) is 0 Å². The van der Waals surface area contributed by atoms with Gasteiger partial charge in [0.2, 0.25) is 0 Å². The van der Waals surface area contributed by atoms with Crippen LogP contribution in [0.1, 0.15) is 41.9 Å². The van der Waals surface area contributed by atoms with Gasteiger partial charge in [-0.2, -0.15) is 5.10 Å². The van der Waals surface area contributed by atoms with Crippen molar-refractivity contribution in [3.8, 4) is 5.75 Å². The number of carbonyl (C=O) groups excluding carboxylic acids is 1. The summed E-state index contributed by atoms with van der Waals surface area (Å²) in [6, 6.07) is 7.81. The highest BCUT2D eigenvalue weighted by Crippen LogP contribution is 2.26. The number of hydrogen-bond donors (Lipinski definition) is 2. The van der Waals surface area contributed by atoms with Crippen molar-refractivity contribution in [3.63, 3.8) is 0 Å². The van der Waals surface area contributed by atoms with Crippen molar-refractivity contribution in [1.29, 1.82) is 0 Å². The monoisotopic (exact) mass is 328 g/mol. The molecule has 1 aliphatic heterocycles. The summed E-state index contributed by atoms with van der Waals surface area (Å²) < 4.78 is 7.49. The van der Waals surface area contributed by atoms with Crippen molar-refractivity contribution >= 4 is 11.6 Å². The van der Waals surface area contributed by atoms with Gasteiger partial charge in [-0.1, -0.05) is 6.07 Å². The summed E-state index contributed by atoms with van der Waals surface area (Å²) in [6.07, 6.45) is 4.10. The molecule has 3 rings (SSSR count). The molecule has 6 nitrogen and oxygen atoms in total. The average Bonchev–Trinajstić information content (AvgIpc) is 3.08. The number of nitrogens with zero attached hydrogens (tertiary/aromatic N) is 2. The number of amides is 1. The van der Waals surface area contributed by atoms with Crippen molar-refractivity contribution in [2.24, 2.45) is 0 Å². The van der Waals surface area contributed by atoms with Crippen LogP contribution in [0.5, 0.6) is 5.75 Å². The molecule has 128 valence electrons. The van der Waals surface area contributed by atoms with E-state index in [9.17, 15) is 4.79 Å². The lowest BCUT2D eigenvalue weighted by molar-refractivity contribution is 0.102. The second kappa shape index (κ2) is 7.49. The van der Waals surface area contributed by atoms with Crippen molar-refractivity contribution in [1.82, 2.24) is 15.1 Å². The molecule has 1 fully saturated rings.